The van der Waals surface area contributed by atoms with Crippen molar-refractivity contribution >= 4 is 15.9 Å². The number of primary amides is 1. The lowest BCUT2D eigenvalue weighted by molar-refractivity contribution is -0.126. The minimum absolute atomic E-state index is 0.0163. The Kier molecular flexibility index (Phi) is 3.36. The third-order valence-corrected chi connectivity index (χ3v) is 5.34. The van der Waals surface area contributed by atoms with Crippen molar-refractivity contribution < 1.29 is 17.6 Å². The quantitative estimate of drug-likeness (QED) is 0.888. The molecule has 0 saturated carbocycles. The van der Waals surface area contributed by atoms with Crippen LogP contribution in [-0.2, 0) is 14.8 Å². The molecule has 1 aromatic rings. The topological polar surface area (TPSA) is 80.5 Å². The van der Waals surface area contributed by atoms with E-state index in [0.717, 1.165) is 12.1 Å². The number of benzene rings is 1. The van der Waals surface area contributed by atoms with Gasteiger partial charge in [0.1, 0.15) is 5.82 Å². The van der Waals surface area contributed by atoms with Crippen LogP contribution in [0.4, 0.5) is 4.39 Å². The second-order valence-corrected chi connectivity index (χ2v) is 6.91. The van der Waals surface area contributed by atoms with Crippen molar-refractivity contribution in [1.29, 1.82) is 0 Å². The Labute approximate surface area is 111 Å². The molecular formula is C12H15FN2O3S. The first kappa shape index (κ1) is 14.0. The molecule has 1 aliphatic heterocycles. The predicted molar refractivity (Wildman–Crippen MR) is 67.1 cm³/mol. The molecule has 1 fully saturated rings. The summed E-state index contributed by atoms with van der Waals surface area (Å²) in [7, 11) is -3.70. The second kappa shape index (κ2) is 4.57. The smallest absolute Gasteiger partial charge is 0.243 e. The van der Waals surface area contributed by atoms with E-state index in [1.54, 1.807) is 6.92 Å². The van der Waals surface area contributed by atoms with Crippen molar-refractivity contribution in [3.05, 3.63) is 30.1 Å². The van der Waals surface area contributed by atoms with Gasteiger partial charge in [-0.3, -0.25) is 4.79 Å². The zero-order valence-electron chi connectivity index (χ0n) is 10.5. The molecule has 0 bridgehead atoms. The number of nitrogens with two attached hydrogens (primary N) is 1. The van der Waals surface area contributed by atoms with Crippen molar-refractivity contribution in [3.8, 4) is 0 Å². The van der Waals surface area contributed by atoms with Crippen LogP contribution in [0.5, 0.6) is 0 Å². The lowest BCUT2D eigenvalue weighted by Crippen LogP contribution is -2.38. The lowest BCUT2D eigenvalue weighted by Gasteiger charge is -2.20. The van der Waals surface area contributed by atoms with Crippen molar-refractivity contribution in [2.24, 2.45) is 11.1 Å². The van der Waals surface area contributed by atoms with Crippen LogP contribution in [0.1, 0.15) is 13.3 Å². The van der Waals surface area contributed by atoms with Gasteiger partial charge in [-0.15, -0.1) is 0 Å². The van der Waals surface area contributed by atoms with Crippen molar-refractivity contribution in [2.45, 2.75) is 18.2 Å². The molecule has 1 unspecified atom stereocenters. The van der Waals surface area contributed by atoms with Crippen LogP contribution < -0.4 is 5.73 Å². The molecule has 0 radical (unpaired) electrons. The molecule has 2 rings (SSSR count). The van der Waals surface area contributed by atoms with Gasteiger partial charge in [-0.25, -0.2) is 12.8 Å². The van der Waals surface area contributed by atoms with Crippen LogP contribution in [0.25, 0.3) is 0 Å². The summed E-state index contributed by atoms with van der Waals surface area (Å²) in [5.74, 6) is -1.01. The molecule has 1 saturated heterocycles. The van der Waals surface area contributed by atoms with Crippen LogP contribution in [0.15, 0.2) is 29.2 Å². The van der Waals surface area contributed by atoms with Crippen LogP contribution >= 0.6 is 0 Å². The highest BCUT2D eigenvalue weighted by Crippen LogP contribution is 2.33. The van der Waals surface area contributed by atoms with Gasteiger partial charge in [0.25, 0.3) is 0 Å². The number of carbonyl (C=O) groups excluding carboxylic acids is 1. The number of nitrogens with zero attached hydrogens (tertiary/aromatic N) is 1. The molecule has 1 atom stereocenters. The van der Waals surface area contributed by atoms with Gasteiger partial charge in [-0.1, -0.05) is 0 Å². The van der Waals surface area contributed by atoms with Crippen LogP contribution in [0, 0.1) is 11.2 Å². The summed E-state index contributed by atoms with van der Waals surface area (Å²) >= 11 is 0. The molecular weight excluding hydrogens is 271 g/mol. The van der Waals surface area contributed by atoms with E-state index in [-0.39, 0.29) is 18.0 Å². The minimum Gasteiger partial charge on any atom is -0.369 e. The van der Waals surface area contributed by atoms with Gasteiger partial charge in [0.05, 0.1) is 10.3 Å². The molecule has 19 heavy (non-hydrogen) atoms. The second-order valence-electron chi connectivity index (χ2n) is 4.97. The Morgan fingerprint density at radius 3 is 2.42 bits per heavy atom. The number of carbonyl (C=O) groups is 1. The standard InChI is InChI=1S/C12H15FN2O3S/c1-12(11(14)16)6-7-15(8-12)19(17,18)10-4-2-9(13)3-5-10/h2-5H,6-8H2,1H3,(H2,14,16). The molecule has 1 amide bonds. The first-order valence-corrected chi connectivity index (χ1v) is 7.25. The van der Waals surface area contributed by atoms with Gasteiger partial charge >= 0.3 is 0 Å². The molecule has 0 spiro atoms. The van der Waals surface area contributed by atoms with E-state index in [0.29, 0.717) is 6.42 Å². The van der Waals surface area contributed by atoms with Gasteiger partial charge in [0, 0.05) is 13.1 Å². The summed E-state index contributed by atoms with van der Waals surface area (Å²) < 4.78 is 38.6. The average Bonchev–Trinajstić information content (AvgIpc) is 2.75. The van der Waals surface area contributed by atoms with E-state index >= 15 is 0 Å². The summed E-state index contributed by atoms with van der Waals surface area (Å²) in [5.41, 5.74) is 4.45. The Morgan fingerprint density at radius 2 is 1.95 bits per heavy atom. The van der Waals surface area contributed by atoms with Gasteiger partial charge in [-0.05, 0) is 37.6 Å². The Hall–Kier alpha value is -1.47. The minimum atomic E-state index is -3.70. The number of rotatable bonds is 3. The van der Waals surface area contributed by atoms with E-state index in [9.17, 15) is 17.6 Å². The molecule has 2 N–H and O–H groups in total. The summed E-state index contributed by atoms with van der Waals surface area (Å²) in [6, 6.07) is 4.61. The number of hydrogen-bond donors (Lipinski definition) is 1. The third kappa shape index (κ3) is 2.48. The SMILES string of the molecule is CC1(C(N)=O)CCN(S(=O)(=O)c2ccc(F)cc2)C1. The maximum absolute atomic E-state index is 12.8. The van der Waals surface area contributed by atoms with Crippen LogP contribution in [0.2, 0.25) is 0 Å². The molecule has 0 aromatic heterocycles. The first-order chi connectivity index (χ1) is 8.75. The van der Waals surface area contributed by atoms with Crippen molar-refractivity contribution in [3.63, 3.8) is 0 Å². The molecule has 7 heteroatoms. The molecule has 1 aromatic carbocycles. The van der Waals surface area contributed by atoms with Gasteiger partial charge < -0.3 is 5.73 Å². The maximum atomic E-state index is 12.8. The summed E-state index contributed by atoms with van der Waals surface area (Å²) in [6.45, 7) is 1.94. The molecule has 0 aliphatic carbocycles. The number of hydrogen-bond acceptors (Lipinski definition) is 3. The highest BCUT2D eigenvalue weighted by molar-refractivity contribution is 7.89. The van der Waals surface area contributed by atoms with E-state index in [2.05, 4.69) is 0 Å². The number of sulfonamides is 1. The Bertz CT molecular complexity index is 600. The Balaban J connectivity index is 2.28. The van der Waals surface area contributed by atoms with Crippen LogP contribution in [0.3, 0.4) is 0 Å². The largest absolute Gasteiger partial charge is 0.369 e. The van der Waals surface area contributed by atoms with Gasteiger partial charge in [-0.2, -0.15) is 4.31 Å². The fourth-order valence-corrected chi connectivity index (χ4v) is 3.65. The zero-order valence-corrected chi connectivity index (χ0v) is 11.3. The molecule has 104 valence electrons. The average molecular weight is 286 g/mol. The monoisotopic (exact) mass is 286 g/mol. The normalized spacial score (nSPS) is 24.5. The Morgan fingerprint density at radius 1 is 1.37 bits per heavy atom. The lowest BCUT2D eigenvalue weighted by atomic mass is 9.89. The highest BCUT2D eigenvalue weighted by Gasteiger charge is 2.43. The van der Waals surface area contributed by atoms with Crippen molar-refractivity contribution in [1.82, 2.24) is 4.31 Å². The first-order valence-electron chi connectivity index (χ1n) is 5.81. The molecule has 1 heterocycles. The van der Waals surface area contributed by atoms with E-state index in [1.807, 2.05) is 0 Å². The fraction of sp³-hybridized carbons (Fsp3) is 0.417. The summed E-state index contributed by atoms with van der Waals surface area (Å²) in [6.07, 6.45) is 0.392. The van der Waals surface area contributed by atoms with Gasteiger partial charge in [0.2, 0.25) is 15.9 Å². The van der Waals surface area contributed by atoms with Crippen molar-refractivity contribution in [2.75, 3.05) is 13.1 Å². The molecule has 1 aliphatic rings. The number of halogens is 1. The van der Waals surface area contributed by atoms with Crippen LogP contribution in [-0.4, -0.2) is 31.7 Å². The highest BCUT2D eigenvalue weighted by atomic mass is 32.2. The third-order valence-electron chi connectivity index (χ3n) is 3.48. The zero-order chi connectivity index (χ0) is 14.3. The fourth-order valence-electron chi connectivity index (χ4n) is 2.08. The molecule has 5 nitrogen and oxygen atoms in total. The summed E-state index contributed by atoms with van der Waals surface area (Å²) in [4.78, 5) is 11.3. The van der Waals surface area contributed by atoms with E-state index in [4.69, 9.17) is 5.73 Å². The predicted octanol–water partition coefficient (Wildman–Crippen LogP) is 0.712. The van der Waals surface area contributed by atoms with Gasteiger partial charge in [0.15, 0.2) is 0 Å². The van der Waals surface area contributed by atoms with E-state index < -0.39 is 27.2 Å². The van der Waals surface area contributed by atoms with E-state index in [1.165, 1.54) is 16.4 Å². The summed E-state index contributed by atoms with van der Waals surface area (Å²) in [5, 5.41) is 0. The number of amides is 1. The maximum Gasteiger partial charge on any atom is 0.243 e.